The van der Waals surface area contributed by atoms with Gasteiger partial charge in [-0.05, 0) is 31.2 Å². The van der Waals surface area contributed by atoms with Crippen molar-refractivity contribution in [3.8, 4) is 0 Å². The van der Waals surface area contributed by atoms with Crippen LogP contribution < -0.4 is 10.2 Å². The van der Waals surface area contributed by atoms with Crippen LogP contribution >= 0.6 is 0 Å². The predicted molar refractivity (Wildman–Crippen MR) is 101 cm³/mol. The third-order valence-electron chi connectivity index (χ3n) is 4.50. The van der Waals surface area contributed by atoms with Gasteiger partial charge in [0.15, 0.2) is 0 Å². The molecule has 2 aromatic carbocycles. The van der Waals surface area contributed by atoms with E-state index < -0.39 is 17.8 Å². The number of benzene rings is 2. The van der Waals surface area contributed by atoms with Crippen molar-refractivity contribution in [2.75, 3.05) is 23.4 Å². The fourth-order valence-electron chi connectivity index (χ4n) is 3.25. The molecule has 2 amide bonds. The van der Waals surface area contributed by atoms with Crippen LogP contribution in [0.2, 0.25) is 0 Å². The van der Waals surface area contributed by atoms with Crippen LogP contribution in [0.3, 0.4) is 0 Å². The Labute approximate surface area is 154 Å². The van der Waals surface area contributed by atoms with Crippen LogP contribution in [0.15, 0.2) is 48.5 Å². The first kappa shape index (κ1) is 16.8. The molecule has 0 unspecified atom stereocenters. The van der Waals surface area contributed by atoms with Gasteiger partial charge >= 0.3 is 6.09 Å². The second-order valence-corrected chi connectivity index (χ2v) is 6.27. The molecule has 27 heavy (non-hydrogen) atoms. The highest BCUT2D eigenvalue weighted by Crippen LogP contribution is 2.25. The molecule has 1 fully saturated rings. The molecule has 136 valence electrons. The van der Waals surface area contributed by atoms with Crippen molar-refractivity contribution < 1.29 is 19.1 Å². The summed E-state index contributed by atoms with van der Waals surface area (Å²) in [7, 11) is 0. The number of carbonyl (C=O) groups excluding carboxylic acids is 3. The number of H-pyrrole nitrogens is 1. The van der Waals surface area contributed by atoms with Gasteiger partial charge in [-0.1, -0.05) is 24.3 Å². The van der Waals surface area contributed by atoms with Crippen molar-refractivity contribution in [2.24, 2.45) is 0 Å². The highest BCUT2D eigenvalue weighted by atomic mass is 16.6. The van der Waals surface area contributed by atoms with Gasteiger partial charge in [0.1, 0.15) is 6.61 Å². The summed E-state index contributed by atoms with van der Waals surface area (Å²) in [6.07, 6.45) is -0.427. The maximum atomic E-state index is 12.7. The van der Waals surface area contributed by atoms with Gasteiger partial charge in [-0.15, -0.1) is 0 Å². The monoisotopic (exact) mass is 363 g/mol. The Hall–Kier alpha value is -3.61. The van der Waals surface area contributed by atoms with Crippen molar-refractivity contribution in [2.45, 2.75) is 6.92 Å². The molecule has 0 radical (unpaired) electrons. The number of ether oxygens (including phenoxy) is 1. The van der Waals surface area contributed by atoms with Crippen LogP contribution in [-0.2, 0) is 9.53 Å². The van der Waals surface area contributed by atoms with Crippen LogP contribution in [0.4, 0.5) is 16.2 Å². The first-order chi connectivity index (χ1) is 13.0. The second kappa shape index (κ2) is 6.60. The number of aryl methyl sites for hydroxylation is 1. The largest absolute Gasteiger partial charge is 0.447 e. The van der Waals surface area contributed by atoms with Crippen molar-refractivity contribution in [1.82, 2.24) is 4.98 Å². The molecule has 3 aromatic rings. The Morgan fingerprint density at radius 1 is 1.15 bits per heavy atom. The number of rotatable bonds is 4. The number of Topliss-reactive ketones (excluding diaryl/α,β-unsaturated/α-hetero) is 1. The summed E-state index contributed by atoms with van der Waals surface area (Å²) in [5.41, 5.74) is 2.85. The lowest BCUT2D eigenvalue weighted by Gasteiger charge is -2.14. The summed E-state index contributed by atoms with van der Waals surface area (Å²) >= 11 is 0. The Balaban J connectivity index is 1.58. The summed E-state index contributed by atoms with van der Waals surface area (Å²) in [5.74, 6) is -1.35. The van der Waals surface area contributed by atoms with Gasteiger partial charge in [-0.3, -0.25) is 14.5 Å². The van der Waals surface area contributed by atoms with E-state index in [4.69, 9.17) is 4.74 Å². The lowest BCUT2D eigenvalue weighted by atomic mass is 10.1. The summed E-state index contributed by atoms with van der Waals surface area (Å²) in [5, 5.41) is 3.33. The number of anilines is 2. The molecule has 7 heteroatoms. The molecule has 0 bridgehead atoms. The van der Waals surface area contributed by atoms with E-state index >= 15 is 0 Å². The maximum absolute atomic E-state index is 12.7. The summed E-state index contributed by atoms with van der Waals surface area (Å²) in [6, 6.07) is 14.1. The average molecular weight is 363 g/mol. The fraction of sp³-hybridized carbons (Fsp3) is 0.150. The smallest absolute Gasteiger partial charge is 0.414 e. The highest BCUT2D eigenvalue weighted by Gasteiger charge is 2.25. The number of para-hydroxylation sites is 1. The minimum Gasteiger partial charge on any atom is -0.447 e. The first-order valence-corrected chi connectivity index (χ1v) is 8.52. The van der Waals surface area contributed by atoms with Crippen molar-refractivity contribution >= 4 is 40.1 Å². The van der Waals surface area contributed by atoms with Gasteiger partial charge in [-0.2, -0.15) is 0 Å². The summed E-state index contributed by atoms with van der Waals surface area (Å²) < 4.78 is 4.92. The van der Waals surface area contributed by atoms with Crippen LogP contribution in [0.25, 0.3) is 10.9 Å². The molecule has 2 N–H and O–H groups in total. The zero-order chi connectivity index (χ0) is 19.0. The van der Waals surface area contributed by atoms with Crippen molar-refractivity contribution in [3.63, 3.8) is 0 Å². The van der Waals surface area contributed by atoms with Gasteiger partial charge < -0.3 is 15.0 Å². The minimum atomic E-state index is -0.732. The molecule has 1 aliphatic rings. The molecule has 2 heterocycles. The molecule has 1 aliphatic heterocycles. The van der Waals surface area contributed by atoms with Crippen LogP contribution in [0.1, 0.15) is 16.1 Å². The van der Waals surface area contributed by atoms with E-state index in [-0.39, 0.29) is 0 Å². The van der Waals surface area contributed by atoms with Crippen molar-refractivity contribution in [3.05, 3.63) is 59.8 Å². The van der Waals surface area contributed by atoms with E-state index in [2.05, 4.69) is 10.3 Å². The number of fused-ring (bicyclic) bond motifs is 1. The van der Waals surface area contributed by atoms with Gasteiger partial charge in [0.05, 0.1) is 12.1 Å². The predicted octanol–water partition coefficient (Wildman–Crippen LogP) is 3.25. The van der Waals surface area contributed by atoms with E-state index in [9.17, 15) is 14.4 Å². The topological polar surface area (TPSA) is 91.5 Å². The lowest BCUT2D eigenvalue weighted by Crippen LogP contribution is -2.25. The molecular formula is C20H17N3O4. The molecule has 0 saturated carbocycles. The van der Waals surface area contributed by atoms with Crippen LogP contribution in [-0.4, -0.2) is 35.9 Å². The van der Waals surface area contributed by atoms with Gasteiger partial charge in [0.25, 0.3) is 11.7 Å². The normalized spacial score (nSPS) is 13.7. The third kappa shape index (κ3) is 3.03. The average Bonchev–Trinajstić information content (AvgIpc) is 3.23. The van der Waals surface area contributed by atoms with Crippen molar-refractivity contribution in [1.29, 1.82) is 0 Å². The number of cyclic esters (lactones) is 1. The summed E-state index contributed by atoms with van der Waals surface area (Å²) in [4.78, 5) is 41.5. The lowest BCUT2D eigenvalue weighted by molar-refractivity contribution is -0.112. The minimum absolute atomic E-state index is 0.327. The molecule has 1 aromatic heterocycles. The zero-order valence-electron chi connectivity index (χ0n) is 14.6. The van der Waals surface area contributed by atoms with E-state index in [0.717, 1.165) is 5.52 Å². The first-order valence-electron chi connectivity index (χ1n) is 8.52. The number of nitrogens with zero attached hydrogens (tertiary/aromatic N) is 1. The third-order valence-corrected chi connectivity index (χ3v) is 4.50. The molecule has 4 rings (SSSR count). The fourth-order valence-corrected chi connectivity index (χ4v) is 3.25. The van der Waals surface area contributed by atoms with Crippen LogP contribution in [0.5, 0.6) is 0 Å². The van der Waals surface area contributed by atoms with Gasteiger partial charge in [-0.25, -0.2) is 4.79 Å². The Morgan fingerprint density at radius 3 is 2.74 bits per heavy atom. The van der Waals surface area contributed by atoms with E-state index in [1.54, 1.807) is 37.3 Å². The van der Waals surface area contributed by atoms with Crippen LogP contribution in [0, 0.1) is 6.92 Å². The number of carbonyl (C=O) groups is 3. The number of hydrogen-bond acceptors (Lipinski definition) is 4. The Kier molecular flexibility index (Phi) is 4.12. The second-order valence-electron chi connectivity index (χ2n) is 6.27. The van der Waals surface area contributed by atoms with Gasteiger partial charge in [0, 0.05) is 28.0 Å². The number of nitrogens with one attached hydrogen (secondary N) is 2. The molecular weight excluding hydrogens is 346 g/mol. The highest BCUT2D eigenvalue weighted by molar-refractivity contribution is 6.48. The quantitative estimate of drug-likeness (QED) is 0.550. The Morgan fingerprint density at radius 2 is 1.96 bits per heavy atom. The van der Waals surface area contributed by atoms with E-state index in [1.165, 1.54) is 4.90 Å². The van der Waals surface area contributed by atoms with Gasteiger partial charge in [0.2, 0.25) is 0 Å². The SMILES string of the molecule is Cc1[nH]c2ccccc2c1C(=O)C(=O)Nc1cccc(N2CCOC2=O)c1. The zero-order valence-corrected chi connectivity index (χ0v) is 14.6. The number of amides is 2. The number of ketones is 1. The molecule has 0 spiro atoms. The molecule has 7 nitrogen and oxygen atoms in total. The number of aromatic amines is 1. The molecule has 1 saturated heterocycles. The van der Waals surface area contributed by atoms with E-state index in [0.29, 0.717) is 41.2 Å². The molecule has 0 aliphatic carbocycles. The number of hydrogen-bond donors (Lipinski definition) is 2. The summed E-state index contributed by atoms with van der Waals surface area (Å²) in [6.45, 7) is 2.54. The standard InChI is InChI=1S/C20H17N3O4/c1-12-17(15-7-2-3-8-16(15)21-12)18(24)19(25)22-13-5-4-6-14(11-13)23-9-10-27-20(23)26/h2-8,11,21H,9-10H2,1H3,(H,22,25). The number of aromatic nitrogens is 1. The molecule has 0 atom stereocenters. The Bertz CT molecular complexity index is 1070. The van der Waals surface area contributed by atoms with E-state index in [1.807, 2.05) is 18.2 Å². The maximum Gasteiger partial charge on any atom is 0.414 e.